The Morgan fingerprint density at radius 1 is 1.56 bits per heavy atom. The van der Waals surface area contributed by atoms with E-state index in [9.17, 15) is 0 Å². The first-order valence-electron chi connectivity index (χ1n) is 6.80. The van der Waals surface area contributed by atoms with E-state index in [2.05, 4.69) is 41.0 Å². The first-order valence-corrected chi connectivity index (χ1v) is 7.74. The molecular weight excluding hydrogens is 244 g/mol. The van der Waals surface area contributed by atoms with E-state index < -0.39 is 0 Å². The van der Waals surface area contributed by atoms with Gasteiger partial charge in [0, 0.05) is 31.7 Å². The molecule has 3 nitrogen and oxygen atoms in total. The highest BCUT2D eigenvalue weighted by molar-refractivity contribution is 7.07. The zero-order valence-corrected chi connectivity index (χ0v) is 12.2. The van der Waals surface area contributed by atoms with Crippen molar-refractivity contribution in [2.24, 2.45) is 5.92 Å². The SMILES string of the molecule is CCNC1CCOCC1CN(C)Cc1ccsc1. The van der Waals surface area contributed by atoms with Crippen LogP contribution in [0.5, 0.6) is 0 Å². The summed E-state index contributed by atoms with van der Waals surface area (Å²) in [6, 6.07) is 2.83. The van der Waals surface area contributed by atoms with Gasteiger partial charge >= 0.3 is 0 Å². The van der Waals surface area contributed by atoms with Gasteiger partial charge in [0.25, 0.3) is 0 Å². The minimum Gasteiger partial charge on any atom is -0.381 e. The fourth-order valence-corrected chi connectivity index (χ4v) is 3.33. The third-order valence-corrected chi connectivity index (χ3v) is 4.25. The second-order valence-corrected chi connectivity index (χ2v) is 5.90. The van der Waals surface area contributed by atoms with Crippen molar-refractivity contribution in [2.45, 2.75) is 25.9 Å². The molecule has 1 N–H and O–H groups in total. The molecule has 0 amide bonds. The fourth-order valence-electron chi connectivity index (χ4n) is 2.67. The van der Waals surface area contributed by atoms with Crippen molar-refractivity contribution in [3.8, 4) is 0 Å². The normalized spacial score (nSPS) is 24.6. The van der Waals surface area contributed by atoms with Gasteiger partial charge in [-0.3, -0.25) is 0 Å². The molecule has 1 aromatic rings. The van der Waals surface area contributed by atoms with E-state index in [1.807, 2.05) is 0 Å². The summed E-state index contributed by atoms with van der Waals surface area (Å²) < 4.78 is 5.63. The van der Waals surface area contributed by atoms with E-state index in [1.54, 1.807) is 11.3 Å². The van der Waals surface area contributed by atoms with Gasteiger partial charge in [-0.05, 0) is 42.4 Å². The molecule has 0 aliphatic carbocycles. The lowest BCUT2D eigenvalue weighted by atomic mass is 9.95. The summed E-state index contributed by atoms with van der Waals surface area (Å²) in [7, 11) is 2.20. The molecule has 0 radical (unpaired) electrons. The second-order valence-electron chi connectivity index (χ2n) is 5.12. The predicted molar refractivity (Wildman–Crippen MR) is 77.0 cm³/mol. The Morgan fingerprint density at radius 2 is 2.44 bits per heavy atom. The highest BCUT2D eigenvalue weighted by Gasteiger charge is 2.25. The Morgan fingerprint density at radius 3 is 3.17 bits per heavy atom. The van der Waals surface area contributed by atoms with Gasteiger partial charge in [-0.2, -0.15) is 11.3 Å². The van der Waals surface area contributed by atoms with Crippen molar-refractivity contribution in [3.63, 3.8) is 0 Å². The lowest BCUT2D eigenvalue weighted by molar-refractivity contribution is 0.0193. The van der Waals surface area contributed by atoms with E-state index in [0.717, 1.165) is 39.3 Å². The van der Waals surface area contributed by atoms with E-state index in [0.29, 0.717) is 12.0 Å². The quantitative estimate of drug-likeness (QED) is 0.856. The molecule has 1 fully saturated rings. The molecule has 1 aliphatic heterocycles. The summed E-state index contributed by atoms with van der Waals surface area (Å²) in [6.07, 6.45) is 1.14. The van der Waals surface area contributed by atoms with Gasteiger partial charge in [0.15, 0.2) is 0 Å². The largest absolute Gasteiger partial charge is 0.381 e. The standard InChI is InChI=1S/C14H24N2OS/c1-3-15-14-4-6-17-10-13(14)9-16(2)8-12-5-7-18-11-12/h5,7,11,13-15H,3-4,6,8-10H2,1-2H3. The molecule has 0 aromatic carbocycles. The number of nitrogens with one attached hydrogen (secondary N) is 1. The summed E-state index contributed by atoms with van der Waals surface area (Å²) in [5.74, 6) is 0.613. The van der Waals surface area contributed by atoms with Gasteiger partial charge in [-0.15, -0.1) is 0 Å². The highest BCUT2D eigenvalue weighted by atomic mass is 32.1. The van der Waals surface area contributed by atoms with Crippen molar-refractivity contribution in [1.29, 1.82) is 0 Å². The minimum atomic E-state index is 0.613. The molecular formula is C14H24N2OS. The van der Waals surface area contributed by atoms with Crippen LogP contribution >= 0.6 is 11.3 Å². The van der Waals surface area contributed by atoms with Crippen LogP contribution in [-0.4, -0.2) is 44.3 Å². The van der Waals surface area contributed by atoms with E-state index in [1.165, 1.54) is 5.56 Å². The molecule has 1 saturated heterocycles. The van der Waals surface area contributed by atoms with Crippen LogP contribution in [0.25, 0.3) is 0 Å². The molecule has 102 valence electrons. The van der Waals surface area contributed by atoms with E-state index >= 15 is 0 Å². The molecule has 1 aromatic heterocycles. The van der Waals surface area contributed by atoms with Gasteiger partial charge in [0.2, 0.25) is 0 Å². The molecule has 0 saturated carbocycles. The van der Waals surface area contributed by atoms with Crippen LogP contribution in [0.2, 0.25) is 0 Å². The first kappa shape index (κ1) is 14.0. The third-order valence-electron chi connectivity index (χ3n) is 3.52. The molecule has 1 aliphatic rings. The summed E-state index contributed by atoms with van der Waals surface area (Å²) in [5, 5.41) is 7.97. The Kier molecular flexibility index (Phi) is 5.63. The maximum Gasteiger partial charge on any atom is 0.0521 e. The first-order chi connectivity index (χ1) is 8.79. The van der Waals surface area contributed by atoms with Crippen LogP contribution in [0.4, 0.5) is 0 Å². The third kappa shape index (κ3) is 4.05. The van der Waals surface area contributed by atoms with Crippen LogP contribution in [0.3, 0.4) is 0 Å². The van der Waals surface area contributed by atoms with Crippen molar-refractivity contribution in [1.82, 2.24) is 10.2 Å². The lowest BCUT2D eigenvalue weighted by Crippen LogP contribution is -2.47. The molecule has 18 heavy (non-hydrogen) atoms. The average Bonchev–Trinajstić information content (AvgIpc) is 2.84. The van der Waals surface area contributed by atoms with Crippen molar-refractivity contribution < 1.29 is 4.74 Å². The predicted octanol–water partition coefficient (Wildman–Crippen LogP) is 2.19. The zero-order chi connectivity index (χ0) is 12.8. The van der Waals surface area contributed by atoms with Gasteiger partial charge in [-0.25, -0.2) is 0 Å². The number of ether oxygens (including phenoxy) is 1. The number of nitrogens with zero attached hydrogens (tertiary/aromatic N) is 1. The summed E-state index contributed by atoms with van der Waals surface area (Å²) in [6.45, 7) is 7.18. The number of hydrogen-bond acceptors (Lipinski definition) is 4. The monoisotopic (exact) mass is 268 g/mol. The second kappa shape index (κ2) is 7.24. The van der Waals surface area contributed by atoms with Gasteiger partial charge in [0.05, 0.1) is 6.61 Å². The Labute approximate surface area is 114 Å². The maximum atomic E-state index is 5.63. The Hall–Kier alpha value is -0.420. The lowest BCUT2D eigenvalue weighted by Gasteiger charge is -2.34. The van der Waals surface area contributed by atoms with Crippen LogP contribution in [-0.2, 0) is 11.3 Å². The van der Waals surface area contributed by atoms with Crippen LogP contribution < -0.4 is 5.32 Å². The number of rotatable bonds is 6. The van der Waals surface area contributed by atoms with Gasteiger partial charge in [0.1, 0.15) is 0 Å². The van der Waals surface area contributed by atoms with Crippen LogP contribution in [0, 0.1) is 5.92 Å². The molecule has 2 unspecified atom stereocenters. The zero-order valence-electron chi connectivity index (χ0n) is 11.4. The maximum absolute atomic E-state index is 5.63. The number of thiophene rings is 1. The summed E-state index contributed by atoms with van der Waals surface area (Å²) >= 11 is 1.77. The molecule has 0 spiro atoms. The highest BCUT2D eigenvalue weighted by Crippen LogP contribution is 2.17. The topological polar surface area (TPSA) is 24.5 Å². The van der Waals surface area contributed by atoms with Crippen molar-refractivity contribution >= 4 is 11.3 Å². The van der Waals surface area contributed by atoms with E-state index in [4.69, 9.17) is 4.74 Å². The Bertz CT molecular complexity index is 327. The molecule has 2 rings (SSSR count). The Balaban J connectivity index is 1.82. The summed E-state index contributed by atoms with van der Waals surface area (Å²) in [5.41, 5.74) is 1.42. The molecule has 0 bridgehead atoms. The fraction of sp³-hybridized carbons (Fsp3) is 0.714. The average molecular weight is 268 g/mol. The van der Waals surface area contributed by atoms with Gasteiger partial charge in [-0.1, -0.05) is 6.92 Å². The van der Waals surface area contributed by atoms with Crippen molar-refractivity contribution in [3.05, 3.63) is 22.4 Å². The smallest absolute Gasteiger partial charge is 0.0521 e. The van der Waals surface area contributed by atoms with Crippen LogP contribution in [0.1, 0.15) is 18.9 Å². The van der Waals surface area contributed by atoms with Crippen molar-refractivity contribution in [2.75, 3.05) is 33.4 Å². The molecule has 4 heteroatoms. The minimum absolute atomic E-state index is 0.613. The molecule has 2 atom stereocenters. The van der Waals surface area contributed by atoms with Crippen LogP contribution in [0.15, 0.2) is 16.8 Å². The molecule has 2 heterocycles. The van der Waals surface area contributed by atoms with Gasteiger partial charge < -0.3 is 15.0 Å². The summed E-state index contributed by atoms with van der Waals surface area (Å²) in [4.78, 5) is 2.41. The van der Waals surface area contributed by atoms with E-state index in [-0.39, 0.29) is 0 Å². The number of hydrogen-bond donors (Lipinski definition) is 1.